The molecule has 0 saturated carbocycles. The van der Waals surface area contributed by atoms with Crippen LogP contribution < -0.4 is 14.4 Å². The van der Waals surface area contributed by atoms with Gasteiger partial charge in [-0.2, -0.15) is 9.97 Å². The summed E-state index contributed by atoms with van der Waals surface area (Å²) in [5.74, 6) is -1.53. The third-order valence-corrected chi connectivity index (χ3v) is 5.99. The van der Waals surface area contributed by atoms with E-state index in [1.807, 2.05) is 11.8 Å². The molecule has 5 rings (SSSR count). The van der Waals surface area contributed by atoms with Crippen LogP contribution >= 0.6 is 0 Å². The highest BCUT2D eigenvalue weighted by molar-refractivity contribution is 6.02. The van der Waals surface area contributed by atoms with Crippen LogP contribution in [0.25, 0.3) is 32.9 Å². The summed E-state index contributed by atoms with van der Waals surface area (Å²) in [5.41, 5.74) is -0.0151. The molecule has 8 nitrogen and oxygen atoms in total. The molecule has 0 aliphatic carbocycles. The number of aliphatic hydroxyl groups excluding tert-OH is 1. The van der Waals surface area contributed by atoms with E-state index in [9.17, 15) is 13.9 Å². The summed E-state index contributed by atoms with van der Waals surface area (Å²) in [5, 5.41) is 10.3. The van der Waals surface area contributed by atoms with Gasteiger partial charge in [-0.05, 0) is 24.8 Å². The third-order valence-electron chi connectivity index (χ3n) is 5.99. The molecule has 0 radical (unpaired) electrons. The van der Waals surface area contributed by atoms with Crippen molar-refractivity contribution in [3.8, 4) is 23.0 Å². The summed E-state index contributed by atoms with van der Waals surface area (Å²) in [6, 6.07) is 7.33. The highest BCUT2D eigenvalue weighted by atomic mass is 19.1. The van der Waals surface area contributed by atoms with Crippen LogP contribution in [-0.2, 0) is 4.74 Å². The van der Waals surface area contributed by atoms with Gasteiger partial charge in [-0.25, -0.2) is 13.2 Å². The summed E-state index contributed by atoms with van der Waals surface area (Å²) >= 11 is 0. The number of alkyl halides is 1. The maximum Gasteiger partial charge on any atom is 0.321 e. The average molecular weight is 500 g/mol. The lowest BCUT2D eigenvalue weighted by atomic mass is 9.99. The Kier molecular flexibility index (Phi) is 6.75. The van der Waals surface area contributed by atoms with E-state index in [1.165, 1.54) is 12.3 Å². The highest BCUT2D eigenvalue weighted by Gasteiger charge is 2.25. The Bertz CT molecular complexity index is 1420. The lowest BCUT2D eigenvalue weighted by Crippen LogP contribution is -2.31. The van der Waals surface area contributed by atoms with E-state index < -0.39 is 25.3 Å². The number of anilines is 1. The smallest absolute Gasteiger partial charge is 0.321 e. The van der Waals surface area contributed by atoms with Crippen molar-refractivity contribution in [3.05, 3.63) is 48.2 Å². The van der Waals surface area contributed by atoms with Crippen molar-refractivity contribution in [1.29, 1.82) is 0 Å². The summed E-state index contributed by atoms with van der Waals surface area (Å²) in [4.78, 5) is 14.9. The monoisotopic (exact) mass is 500 g/mol. The molecule has 0 bridgehead atoms. The number of hydrogen-bond acceptors (Lipinski definition) is 8. The maximum absolute atomic E-state index is 16.1. The molecule has 2 aromatic heterocycles. The van der Waals surface area contributed by atoms with Crippen molar-refractivity contribution in [1.82, 2.24) is 15.0 Å². The molecule has 1 atom stereocenters. The van der Waals surface area contributed by atoms with Gasteiger partial charge in [0.15, 0.2) is 24.2 Å². The second-order valence-corrected chi connectivity index (χ2v) is 8.30. The van der Waals surface area contributed by atoms with E-state index in [-0.39, 0.29) is 40.0 Å². The van der Waals surface area contributed by atoms with E-state index in [0.29, 0.717) is 36.3 Å². The minimum atomic E-state index is -1.26. The SMILES string of the molecule is CC1CN(c2nc(OCO)nc3c(F)c(-c4cccc5ccc(F)c(OCF)c45)ncc23)CCCO1. The number of nitrogens with zero attached hydrogens (tertiary/aromatic N) is 4. The van der Waals surface area contributed by atoms with E-state index in [1.54, 1.807) is 18.2 Å². The molecule has 2 aromatic carbocycles. The first-order chi connectivity index (χ1) is 17.5. The molecular weight excluding hydrogens is 477 g/mol. The van der Waals surface area contributed by atoms with Crippen LogP contribution in [0.5, 0.6) is 11.8 Å². The largest absolute Gasteiger partial charge is 0.459 e. The molecule has 1 aliphatic heterocycles. The third kappa shape index (κ3) is 4.35. The van der Waals surface area contributed by atoms with Crippen molar-refractivity contribution >= 4 is 27.5 Å². The molecule has 4 aromatic rings. The minimum absolute atomic E-state index is 0.0868. The predicted octanol–water partition coefficient (Wildman–Crippen LogP) is 4.37. The topological polar surface area (TPSA) is 89.8 Å². The second-order valence-electron chi connectivity index (χ2n) is 8.30. The summed E-state index contributed by atoms with van der Waals surface area (Å²) < 4.78 is 59.5. The number of aliphatic hydroxyl groups is 1. The Morgan fingerprint density at radius 1 is 1.17 bits per heavy atom. The van der Waals surface area contributed by atoms with E-state index in [2.05, 4.69) is 15.0 Å². The zero-order chi connectivity index (χ0) is 25.2. The number of aromatic nitrogens is 3. The number of fused-ring (bicyclic) bond motifs is 2. The number of ether oxygens (including phenoxy) is 3. The minimum Gasteiger partial charge on any atom is -0.459 e. The molecule has 1 fully saturated rings. The van der Waals surface area contributed by atoms with Gasteiger partial charge in [0.2, 0.25) is 6.86 Å². The molecule has 1 unspecified atom stereocenters. The molecule has 3 heterocycles. The standard InChI is InChI=1S/C25H23F3N4O4/c1-14-11-32(8-3-9-34-14)24-17-10-29-21(20(28)22(17)30-25(31-24)36-13-33)16-5-2-4-15-6-7-18(27)23(19(15)16)35-12-26/h2,4-7,10,14,33H,3,8-9,11-13H2,1H3. The van der Waals surface area contributed by atoms with E-state index in [0.717, 1.165) is 12.5 Å². The van der Waals surface area contributed by atoms with Gasteiger partial charge in [0, 0.05) is 36.8 Å². The number of halogens is 3. The normalized spacial score (nSPS) is 16.4. The molecule has 1 aliphatic rings. The first-order valence-corrected chi connectivity index (χ1v) is 11.4. The van der Waals surface area contributed by atoms with Crippen molar-refractivity contribution in [2.45, 2.75) is 19.4 Å². The zero-order valence-corrected chi connectivity index (χ0v) is 19.4. The van der Waals surface area contributed by atoms with Gasteiger partial charge in [-0.15, -0.1) is 0 Å². The van der Waals surface area contributed by atoms with Gasteiger partial charge >= 0.3 is 6.01 Å². The molecule has 0 spiro atoms. The summed E-state index contributed by atoms with van der Waals surface area (Å²) in [7, 11) is 0. The van der Waals surface area contributed by atoms with Crippen LogP contribution in [0.3, 0.4) is 0 Å². The van der Waals surface area contributed by atoms with Gasteiger partial charge in [0.1, 0.15) is 17.0 Å². The number of pyridine rings is 1. The van der Waals surface area contributed by atoms with Gasteiger partial charge < -0.3 is 24.2 Å². The fourth-order valence-corrected chi connectivity index (χ4v) is 4.47. The van der Waals surface area contributed by atoms with Crippen LogP contribution in [0, 0.1) is 11.6 Å². The van der Waals surface area contributed by atoms with Gasteiger partial charge in [-0.1, -0.05) is 24.3 Å². The fourth-order valence-electron chi connectivity index (χ4n) is 4.47. The highest BCUT2D eigenvalue weighted by Crippen LogP contribution is 2.39. The van der Waals surface area contributed by atoms with Crippen molar-refractivity contribution in [3.63, 3.8) is 0 Å². The predicted molar refractivity (Wildman–Crippen MR) is 127 cm³/mol. The Labute approximate surface area is 204 Å². The van der Waals surface area contributed by atoms with Crippen LogP contribution in [0.1, 0.15) is 13.3 Å². The molecule has 36 heavy (non-hydrogen) atoms. The summed E-state index contributed by atoms with van der Waals surface area (Å²) in [6.45, 7) is 1.66. The lowest BCUT2D eigenvalue weighted by Gasteiger charge is -2.24. The van der Waals surface area contributed by atoms with Crippen molar-refractivity contribution < 1.29 is 32.5 Å². The Balaban J connectivity index is 1.74. The van der Waals surface area contributed by atoms with E-state index >= 15 is 4.39 Å². The van der Waals surface area contributed by atoms with Gasteiger partial charge in [-0.3, -0.25) is 4.98 Å². The van der Waals surface area contributed by atoms with Crippen LogP contribution in [-0.4, -0.2) is 59.5 Å². The molecule has 11 heteroatoms. The number of rotatable bonds is 6. The zero-order valence-electron chi connectivity index (χ0n) is 19.4. The Morgan fingerprint density at radius 3 is 2.83 bits per heavy atom. The van der Waals surface area contributed by atoms with Gasteiger partial charge in [0.25, 0.3) is 0 Å². The lowest BCUT2D eigenvalue weighted by molar-refractivity contribution is 0.0818. The number of benzene rings is 2. The second kappa shape index (κ2) is 10.1. The first-order valence-electron chi connectivity index (χ1n) is 11.4. The summed E-state index contributed by atoms with van der Waals surface area (Å²) in [6.07, 6.45) is 2.09. The molecule has 1 N–H and O–H groups in total. The van der Waals surface area contributed by atoms with Crippen LogP contribution in [0.4, 0.5) is 19.0 Å². The molecule has 1 saturated heterocycles. The molecular formula is C25H23F3N4O4. The van der Waals surface area contributed by atoms with Crippen molar-refractivity contribution in [2.24, 2.45) is 0 Å². The van der Waals surface area contributed by atoms with E-state index in [4.69, 9.17) is 14.2 Å². The Morgan fingerprint density at radius 2 is 2.03 bits per heavy atom. The quantitative estimate of drug-likeness (QED) is 0.391. The molecule has 188 valence electrons. The maximum atomic E-state index is 16.1. The Hall–Kier alpha value is -3.70. The van der Waals surface area contributed by atoms with Gasteiger partial charge in [0.05, 0.1) is 11.5 Å². The average Bonchev–Trinajstić information content (AvgIpc) is 3.10. The van der Waals surface area contributed by atoms with Crippen molar-refractivity contribution in [2.75, 3.05) is 38.2 Å². The van der Waals surface area contributed by atoms with Crippen LogP contribution in [0.15, 0.2) is 36.5 Å². The fraction of sp³-hybridized carbons (Fsp3) is 0.320. The first kappa shape index (κ1) is 24.0. The molecule has 0 amide bonds. The van der Waals surface area contributed by atoms with Crippen LogP contribution in [0.2, 0.25) is 0 Å². The number of hydrogen-bond donors (Lipinski definition) is 1.